The van der Waals surface area contributed by atoms with Crippen molar-refractivity contribution in [1.82, 2.24) is 9.88 Å². The molecule has 0 saturated carbocycles. The van der Waals surface area contributed by atoms with Crippen molar-refractivity contribution in [3.63, 3.8) is 0 Å². The molecule has 28 heavy (non-hydrogen) atoms. The second kappa shape index (κ2) is 7.28. The zero-order valence-electron chi connectivity index (χ0n) is 15.5. The van der Waals surface area contributed by atoms with Crippen LogP contribution >= 0.6 is 0 Å². The molecule has 0 unspecified atom stereocenters. The number of aryl methyl sites for hydroxylation is 1. The molecule has 5 nitrogen and oxygen atoms in total. The van der Waals surface area contributed by atoms with Crippen LogP contribution in [0.2, 0.25) is 0 Å². The summed E-state index contributed by atoms with van der Waals surface area (Å²) in [6, 6.07) is 16.1. The smallest absolute Gasteiger partial charge is 0.256 e. The summed E-state index contributed by atoms with van der Waals surface area (Å²) in [5.74, 6) is -0.174. The fourth-order valence-electron chi connectivity index (χ4n) is 3.52. The van der Waals surface area contributed by atoms with Crippen molar-refractivity contribution in [3.05, 3.63) is 71.0 Å². The number of hydrogen-bond acceptors (Lipinski definition) is 4. The molecular formula is C22H19FN4O. The molecule has 1 fully saturated rings. The van der Waals surface area contributed by atoms with Gasteiger partial charge in [-0.3, -0.25) is 4.79 Å². The number of amides is 1. The van der Waals surface area contributed by atoms with Gasteiger partial charge in [0.25, 0.3) is 5.91 Å². The maximum atomic E-state index is 13.9. The van der Waals surface area contributed by atoms with Crippen molar-refractivity contribution in [2.45, 2.75) is 6.92 Å². The first-order valence-corrected chi connectivity index (χ1v) is 9.17. The van der Waals surface area contributed by atoms with E-state index in [0.717, 1.165) is 16.5 Å². The maximum Gasteiger partial charge on any atom is 0.256 e. The first kappa shape index (κ1) is 17.9. The Labute approximate surface area is 162 Å². The maximum absolute atomic E-state index is 13.9. The Morgan fingerprint density at radius 1 is 1.11 bits per heavy atom. The molecule has 0 aliphatic carbocycles. The Balaban J connectivity index is 1.56. The van der Waals surface area contributed by atoms with Crippen LogP contribution in [-0.4, -0.2) is 42.0 Å². The topological polar surface area (TPSA) is 60.2 Å². The van der Waals surface area contributed by atoms with Crippen molar-refractivity contribution < 1.29 is 9.18 Å². The first-order chi connectivity index (χ1) is 13.6. The van der Waals surface area contributed by atoms with Crippen LogP contribution in [-0.2, 0) is 0 Å². The van der Waals surface area contributed by atoms with Gasteiger partial charge in [-0.2, -0.15) is 5.26 Å². The molecule has 1 saturated heterocycles. The van der Waals surface area contributed by atoms with E-state index in [-0.39, 0.29) is 11.5 Å². The van der Waals surface area contributed by atoms with E-state index < -0.39 is 5.82 Å². The number of rotatable bonds is 2. The Kier molecular flexibility index (Phi) is 4.66. The minimum Gasteiger partial charge on any atom is -0.352 e. The lowest BCUT2D eigenvalue weighted by molar-refractivity contribution is 0.0742. The molecule has 0 atom stereocenters. The summed E-state index contributed by atoms with van der Waals surface area (Å²) < 4.78 is 13.9. The number of piperazine rings is 1. The van der Waals surface area contributed by atoms with Gasteiger partial charge in [-0.05, 0) is 36.8 Å². The van der Waals surface area contributed by atoms with E-state index in [4.69, 9.17) is 4.98 Å². The average Bonchev–Trinajstić information content (AvgIpc) is 2.72. The molecule has 0 spiro atoms. The molecule has 3 aromatic rings. The predicted octanol–water partition coefficient (Wildman–Crippen LogP) is 3.52. The highest BCUT2D eigenvalue weighted by atomic mass is 19.1. The van der Waals surface area contributed by atoms with Crippen LogP contribution in [0.5, 0.6) is 0 Å². The van der Waals surface area contributed by atoms with Gasteiger partial charge in [0.1, 0.15) is 17.7 Å². The van der Waals surface area contributed by atoms with E-state index in [1.54, 1.807) is 17.0 Å². The van der Waals surface area contributed by atoms with Gasteiger partial charge in [0.15, 0.2) is 0 Å². The molecular weight excluding hydrogens is 355 g/mol. The van der Waals surface area contributed by atoms with E-state index in [1.165, 1.54) is 12.1 Å². The molecule has 1 amide bonds. The number of halogens is 1. The summed E-state index contributed by atoms with van der Waals surface area (Å²) in [6.45, 7) is 3.99. The normalized spacial score (nSPS) is 14.2. The monoisotopic (exact) mass is 374 g/mol. The summed E-state index contributed by atoms with van der Waals surface area (Å²) >= 11 is 0. The van der Waals surface area contributed by atoms with Crippen molar-refractivity contribution in [1.29, 1.82) is 5.26 Å². The van der Waals surface area contributed by atoms with Crippen LogP contribution in [0, 0.1) is 24.1 Å². The van der Waals surface area contributed by atoms with E-state index in [1.807, 2.05) is 36.1 Å². The van der Waals surface area contributed by atoms with Crippen LogP contribution in [0.3, 0.4) is 0 Å². The summed E-state index contributed by atoms with van der Waals surface area (Å²) in [6.07, 6.45) is 0. The SMILES string of the molecule is Cc1ccc2cc(C#N)c(N3CCN(C(=O)c4ccccc4F)CC3)nc2c1. The number of fused-ring (bicyclic) bond motifs is 1. The summed E-state index contributed by atoms with van der Waals surface area (Å²) in [7, 11) is 0. The number of carbonyl (C=O) groups is 1. The number of hydrogen-bond donors (Lipinski definition) is 0. The number of aromatic nitrogens is 1. The summed E-state index contributed by atoms with van der Waals surface area (Å²) in [5.41, 5.74) is 2.56. The van der Waals surface area contributed by atoms with Gasteiger partial charge in [0.05, 0.1) is 16.6 Å². The number of pyridine rings is 1. The second-order valence-corrected chi connectivity index (χ2v) is 6.93. The highest BCUT2D eigenvalue weighted by Gasteiger charge is 2.25. The van der Waals surface area contributed by atoms with Gasteiger partial charge in [0.2, 0.25) is 0 Å². The zero-order valence-corrected chi connectivity index (χ0v) is 15.5. The Morgan fingerprint density at radius 3 is 2.57 bits per heavy atom. The van der Waals surface area contributed by atoms with Crippen molar-refractivity contribution >= 4 is 22.6 Å². The minimum atomic E-state index is -0.506. The molecule has 4 rings (SSSR count). The fourth-order valence-corrected chi connectivity index (χ4v) is 3.52. The average molecular weight is 374 g/mol. The van der Waals surface area contributed by atoms with E-state index in [0.29, 0.717) is 37.6 Å². The van der Waals surface area contributed by atoms with Crippen molar-refractivity contribution in [2.75, 3.05) is 31.1 Å². The third kappa shape index (κ3) is 3.27. The summed E-state index contributed by atoms with van der Waals surface area (Å²) in [5, 5.41) is 10.5. The number of anilines is 1. The Bertz CT molecular complexity index is 1100. The molecule has 0 N–H and O–H groups in total. The largest absolute Gasteiger partial charge is 0.352 e. The number of benzene rings is 2. The van der Waals surface area contributed by atoms with E-state index in [2.05, 4.69) is 6.07 Å². The molecule has 1 aliphatic heterocycles. The lowest BCUT2D eigenvalue weighted by Crippen LogP contribution is -2.49. The lowest BCUT2D eigenvalue weighted by atomic mass is 10.1. The van der Waals surface area contributed by atoms with E-state index >= 15 is 0 Å². The van der Waals surface area contributed by atoms with Gasteiger partial charge in [-0.25, -0.2) is 9.37 Å². The van der Waals surface area contributed by atoms with Crippen molar-refractivity contribution in [2.24, 2.45) is 0 Å². The van der Waals surface area contributed by atoms with Gasteiger partial charge >= 0.3 is 0 Å². The second-order valence-electron chi connectivity index (χ2n) is 6.93. The van der Waals surface area contributed by atoms with Crippen LogP contribution < -0.4 is 4.90 Å². The van der Waals surface area contributed by atoms with Gasteiger partial charge < -0.3 is 9.80 Å². The lowest BCUT2D eigenvalue weighted by Gasteiger charge is -2.36. The van der Waals surface area contributed by atoms with Gasteiger partial charge in [-0.1, -0.05) is 24.3 Å². The molecule has 0 radical (unpaired) electrons. The highest BCUT2D eigenvalue weighted by Crippen LogP contribution is 2.25. The minimum absolute atomic E-state index is 0.0907. The molecule has 0 bridgehead atoms. The van der Waals surface area contributed by atoms with Gasteiger partial charge in [-0.15, -0.1) is 0 Å². The van der Waals surface area contributed by atoms with Crippen molar-refractivity contribution in [3.8, 4) is 6.07 Å². The highest BCUT2D eigenvalue weighted by molar-refractivity contribution is 5.94. The third-order valence-corrected chi connectivity index (χ3v) is 5.04. The van der Waals surface area contributed by atoms with Crippen LogP contribution in [0.25, 0.3) is 10.9 Å². The zero-order chi connectivity index (χ0) is 19.7. The Hall–Kier alpha value is -3.46. The molecule has 2 heterocycles. The number of carbonyl (C=O) groups excluding carboxylic acids is 1. The molecule has 2 aromatic carbocycles. The number of nitrogens with zero attached hydrogens (tertiary/aromatic N) is 4. The van der Waals surface area contributed by atoms with Crippen LogP contribution in [0.4, 0.5) is 10.2 Å². The Morgan fingerprint density at radius 2 is 1.86 bits per heavy atom. The standard InChI is InChI=1S/C22H19FN4O/c1-15-6-7-16-13-17(14-24)21(25-20(16)12-15)26-8-10-27(11-9-26)22(28)18-4-2-3-5-19(18)23/h2-7,12-13H,8-11H2,1H3. The third-order valence-electron chi connectivity index (χ3n) is 5.04. The molecule has 1 aromatic heterocycles. The van der Waals surface area contributed by atoms with Crippen LogP contribution in [0.15, 0.2) is 48.5 Å². The van der Waals surface area contributed by atoms with Crippen LogP contribution in [0.1, 0.15) is 21.5 Å². The summed E-state index contributed by atoms with van der Waals surface area (Å²) in [4.78, 5) is 21.0. The molecule has 140 valence electrons. The quantitative estimate of drug-likeness (QED) is 0.689. The predicted molar refractivity (Wildman–Crippen MR) is 106 cm³/mol. The number of nitriles is 1. The fraction of sp³-hybridized carbons (Fsp3) is 0.227. The first-order valence-electron chi connectivity index (χ1n) is 9.17. The molecule has 6 heteroatoms. The van der Waals surface area contributed by atoms with Gasteiger partial charge in [0, 0.05) is 31.6 Å². The van der Waals surface area contributed by atoms with E-state index in [9.17, 15) is 14.4 Å². The molecule has 1 aliphatic rings.